The number of aliphatic imine (C=N–C) groups is 1. The smallest absolute Gasteiger partial charge is 0.226 e. The number of hydrogen-bond acceptors (Lipinski definition) is 2. The number of amides is 1. The molecule has 1 amide bonds. The Morgan fingerprint density at radius 2 is 1.92 bits per heavy atom. The van der Waals surface area contributed by atoms with Crippen LogP contribution in [0.5, 0.6) is 0 Å². The molecule has 0 unspecified atom stereocenters. The molecular weight excluding hydrogens is 336 g/mol. The van der Waals surface area contributed by atoms with Crippen molar-refractivity contribution >= 4 is 29.2 Å². The van der Waals surface area contributed by atoms with Gasteiger partial charge in [0.25, 0.3) is 0 Å². The third-order valence-corrected chi connectivity index (χ3v) is 4.13. The minimum atomic E-state index is -0.119. The number of halogens is 1. The van der Waals surface area contributed by atoms with Gasteiger partial charge in [0.1, 0.15) is 0 Å². The summed E-state index contributed by atoms with van der Waals surface area (Å²) < 4.78 is 0. The van der Waals surface area contributed by atoms with Crippen LogP contribution in [0.4, 0.5) is 5.69 Å². The second-order valence-corrected chi connectivity index (χ2v) is 6.05. The van der Waals surface area contributed by atoms with E-state index in [2.05, 4.69) is 27.8 Å². The van der Waals surface area contributed by atoms with E-state index >= 15 is 0 Å². The molecule has 25 heavy (non-hydrogen) atoms. The summed E-state index contributed by atoms with van der Waals surface area (Å²) in [6, 6.07) is 15.6. The monoisotopic (exact) mass is 358 g/mol. The van der Waals surface area contributed by atoms with E-state index in [0.29, 0.717) is 24.1 Å². The first kappa shape index (κ1) is 18.8. The molecular formula is C19H23ClN4O. The number of nitrogens with one attached hydrogen (secondary N) is 2. The fourth-order valence-electron chi connectivity index (χ4n) is 2.27. The lowest BCUT2D eigenvalue weighted by Crippen LogP contribution is -2.33. The molecule has 2 aromatic rings. The number of anilines is 1. The van der Waals surface area contributed by atoms with Crippen molar-refractivity contribution in [3.63, 3.8) is 0 Å². The largest absolute Gasteiger partial charge is 0.370 e. The van der Waals surface area contributed by atoms with Crippen LogP contribution in [0.1, 0.15) is 17.5 Å². The average Bonchev–Trinajstić information content (AvgIpc) is 2.60. The van der Waals surface area contributed by atoms with Crippen LogP contribution < -0.4 is 16.4 Å². The van der Waals surface area contributed by atoms with Gasteiger partial charge in [0.15, 0.2) is 5.96 Å². The highest BCUT2D eigenvalue weighted by atomic mass is 35.5. The van der Waals surface area contributed by atoms with E-state index in [1.807, 2.05) is 31.2 Å². The molecule has 0 aliphatic carbocycles. The molecule has 132 valence electrons. The Morgan fingerprint density at radius 1 is 1.16 bits per heavy atom. The molecule has 0 fully saturated rings. The number of nitrogens with two attached hydrogens (primary N) is 1. The molecule has 0 heterocycles. The maximum Gasteiger partial charge on any atom is 0.226 e. The van der Waals surface area contributed by atoms with Crippen molar-refractivity contribution in [2.75, 3.05) is 18.4 Å². The van der Waals surface area contributed by atoms with Gasteiger partial charge in [-0.05, 0) is 36.6 Å². The van der Waals surface area contributed by atoms with Crippen molar-refractivity contribution in [1.29, 1.82) is 0 Å². The van der Waals surface area contributed by atoms with Gasteiger partial charge in [0.2, 0.25) is 5.91 Å². The highest BCUT2D eigenvalue weighted by Gasteiger charge is 2.06. The highest BCUT2D eigenvalue weighted by Crippen LogP contribution is 2.22. The lowest BCUT2D eigenvalue weighted by atomic mass is 10.1. The van der Waals surface area contributed by atoms with Crippen molar-refractivity contribution in [3.8, 4) is 0 Å². The summed E-state index contributed by atoms with van der Waals surface area (Å²) >= 11 is 6.04. The van der Waals surface area contributed by atoms with Crippen molar-refractivity contribution in [1.82, 2.24) is 5.32 Å². The van der Waals surface area contributed by atoms with Crippen LogP contribution >= 0.6 is 11.6 Å². The van der Waals surface area contributed by atoms with Gasteiger partial charge in [0.05, 0.1) is 6.54 Å². The molecule has 0 aromatic heterocycles. The quantitative estimate of drug-likeness (QED) is 0.525. The molecule has 4 N–H and O–H groups in total. The predicted molar refractivity (Wildman–Crippen MR) is 104 cm³/mol. The molecule has 0 atom stereocenters. The molecule has 2 rings (SSSR count). The number of nitrogens with zero attached hydrogens (tertiary/aromatic N) is 1. The molecule has 6 heteroatoms. The summed E-state index contributed by atoms with van der Waals surface area (Å²) in [6.45, 7) is 2.90. The van der Waals surface area contributed by atoms with Crippen LogP contribution in [0.25, 0.3) is 0 Å². The summed E-state index contributed by atoms with van der Waals surface area (Å²) in [5.41, 5.74) is 8.61. The van der Waals surface area contributed by atoms with E-state index in [4.69, 9.17) is 17.3 Å². The Morgan fingerprint density at radius 3 is 2.68 bits per heavy atom. The molecule has 0 aliphatic heterocycles. The van der Waals surface area contributed by atoms with E-state index in [-0.39, 0.29) is 12.3 Å². The topological polar surface area (TPSA) is 79.5 Å². The predicted octanol–water partition coefficient (Wildman–Crippen LogP) is 3.12. The van der Waals surface area contributed by atoms with E-state index in [0.717, 1.165) is 17.7 Å². The number of guanidine groups is 1. The summed E-state index contributed by atoms with van der Waals surface area (Å²) in [4.78, 5) is 16.1. The Balaban J connectivity index is 1.70. The molecule has 2 aromatic carbocycles. The van der Waals surface area contributed by atoms with Gasteiger partial charge >= 0.3 is 0 Å². The molecule has 0 bridgehead atoms. The third-order valence-electron chi connectivity index (χ3n) is 3.73. The second kappa shape index (κ2) is 9.69. The Labute approximate surface area is 153 Å². The first-order chi connectivity index (χ1) is 12.1. The first-order valence-corrected chi connectivity index (χ1v) is 8.56. The van der Waals surface area contributed by atoms with E-state index in [1.165, 1.54) is 5.56 Å². The zero-order valence-corrected chi connectivity index (χ0v) is 15.0. The molecule has 5 nitrogen and oxygen atoms in total. The second-order valence-electron chi connectivity index (χ2n) is 5.64. The van der Waals surface area contributed by atoms with Crippen LogP contribution in [-0.4, -0.2) is 25.0 Å². The van der Waals surface area contributed by atoms with Crippen LogP contribution in [-0.2, 0) is 11.2 Å². The zero-order valence-electron chi connectivity index (χ0n) is 14.3. The lowest BCUT2D eigenvalue weighted by Gasteiger charge is -2.09. The Hall–Kier alpha value is -2.53. The zero-order chi connectivity index (χ0) is 18.1. The molecule has 0 radical (unpaired) electrons. The highest BCUT2D eigenvalue weighted by molar-refractivity contribution is 6.31. The SMILES string of the molecule is Cc1c(Cl)cccc1NC(=O)CCN=C(N)NCCc1ccccc1. The molecule has 0 aliphatic rings. The number of benzene rings is 2. The summed E-state index contributed by atoms with van der Waals surface area (Å²) in [6.07, 6.45) is 1.12. The fraction of sp³-hybridized carbons (Fsp3) is 0.263. The van der Waals surface area contributed by atoms with Gasteiger partial charge in [-0.1, -0.05) is 48.0 Å². The van der Waals surface area contributed by atoms with Crippen LogP contribution in [0.3, 0.4) is 0 Å². The number of carbonyl (C=O) groups excluding carboxylic acids is 1. The van der Waals surface area contributed by atoms with Gasteiger partial charge < -0.3 is 16.4 Å². The normalized spacial score (nSPS) is 11.2. The van der Waals surface area contributed by atoms with Crippen LogP contribution in [0.2, 0.25) is 5.02 Å². The number of rotatable bonds is 7. The standard InChI is InChI=1S/C19H23ClN4O/c1-14-16(20)8-5-9-17(14)24-18(25)11-13-23-19(21)22-12-10-15-6-3-2-4-7-15/h2-9H,10-13H2,1H3,(H,24,25)(H3,21,22,23). The Bertz CT molecular complexity index is 731. The lowest BCUT2D eigenvalue weighted by molar-refractivity contribution is -0.116. The molecule has 0 saturated carbocycles. The molecule has 0 spiro atoms. The van der Waals surface area contributed by atoms with Crippen molar-refractivity contribution in [3.05, 3.63) is 64.7 Å². The first-order valence-electron chi connectivity index (χ1n) is 8.19. The van der Waals surface area contributed by atoms with E-state index in [1.54, 1.807) is 12.1 Å². The van der Waals surface area contributed by atoms with Gasteiger partial charge in [0, 0.05) is 23.7 Å². The third kappa shape index (κ3) is 6.47. The Kier molecular flexibility index (Phi) is 7.29. The van der Waals surface area contributed by atoms with E-state index in [9.17, 15) is 4.79 Å². The van der Waals surface area contributed by atoms with Gasteiger partial charge in [-0.2, -0.15) is 0 Å². The maximum absolute atomic E-state index is 12.0. The maximum atomic E-state index is 12.0. The van der Waals surface area contributed by atoms with Crippen molar-refractivity contribution < 1.29 is 4.79 Å². The van der Waals surface area contributed by atoms with Crippen LogP contribution in [0, 0.1) is 6.92 Å². The number of hydrogen-bond donors (Lipinski definition) is 3. The van der Waals surface area contributed by atoms with Gasteiger partial charge in [-0.25, -0.2) is 0 Å². The van der Waals surface area contributed by atoms with Gasteiger partial charge in [-0.3, -0.25) is 9.79 Å². The fourth-order valence-corrected chi connectivity index (χ4v) is 2.44. The van der Waals surface area contributed by atoms with Crippen LogP contribution in [0.15, 0.2) is 53.5 Å². The summed E-state index contributed by atoms with van der Waals surface area (Å²) in [5, 5.41) is 6.51. The molecule has 0 saturated heterocycles. The minimum absolute atomic E-state index is 0.119. The average molecular weight is 359 g/mol. The van der Waals surface area contributed by atoms with Crippen molar-refractivity contribution in [2.24, 2.45) is 10.7 Å². The van der Waals surface area contributed by atoms with Crippen molar-refractivity contribution in [2.45, 2.75) is 19.8 Å². The summed E-state index contributed by atoms with van der Waals surface area (Å²) in [7, 11) is 0. The minimum Gasteiger partial charge on any atom is -0.370 e. The number of carbonyl (C=O) groups is 1. The van der Waals surface area contributed by atoms with E-state index < -0.39 is 0 Å². The van der Waals surface area contributed by atoms with Gasteiger partial charge in [-0.15, -0.1) is 0 Å². The summed E-state index contributed by atoms with van der Waals surface area (Å²) in [5.74, 6) is 0.230.